The van der Waals surface area contributed by atoms with E-state index in [2.05, 4.69) is 12.1 Å². The molecule has 0 saturated heterocycles. The van der Waals surface area contributed by atoms with E-state index in [0.29, 0.717) is 0 Å². The van der Waals surface area contributed by atoms with Crippen molar-refractivity contribution < 1.29 is 96.8 Å². The number of nitrogens with zero attached hydrogens (tertiary/aromatic N) is 1. The summed E-state index contributed by atoms with van der Waals surface area (Å²) in [7, 11) is 0. The summed E-state index contributed by atoms with van der Waals surface area (Å²) in [4.78, 5) is 0. The van der Waals surface area contributed by atoms with Crippen molar-refractivity contribution in [3.63, 3.8) is 0 Å². The molecule has 1 heterocycles. The Morgan fingerprint density at radius 2 is 0.533 bits per heavy atom. The lowest BCUT2D eigenvalue weighted by atomic mass is 9.12. The summed E-state index contributed by atoms with van der Waals surface area (Å²) < 4.78 is 308. The van der Waals surface area contributed by atoms with E-state index >= 15 is 35.1 Å². The van der Waals surface area contributed by atoms with E-state index in [4.69, 9.17) is 0 Å². The third kappa shape index (κ3) is 7.05. The second kappa shape index (κ2) is 16.8. The lowest BCUT2D eigenvalue weighted by molar-refractivity contribution is -0.688. The van der Waals surface area contributed by atoms with E-state index in [9.17, 15) is 57.1 Å². The number of benzene rings is 5. The van der Waals surface area contributed by atoms with Crippen LogP contribution in [-0.2, 0) is 13.2 Å². The van der Waals surface area contributed by atoms with E-state index in [1.54, 1.807) is 0 Å². The number of rotatable bonds is 7. The molecule has 0 aliphatic rings. The lowest BCUT2D eigenvalue weighted by Crippen LogP contribution is -2.81. The molecule has 23 heteroatoms. The van der Waals surface area contributed by atoms with Gasteiger partial charge in [-0.3, -0.25) is 0 Å². The molecule has 0 atom stereocenters. The maximum absolute atomic E-state index is 15.4. The molecule has 1 nitrogen and oxygen atoms in total. The van der Waals surface area contributed by atoms with Crippen LogP contribution in [0, 0.1) is 116 Å². The molecule has 0 spiro atoms. The Kier molecular flexibility index (Phi) is 12.6. The van der Waals surface area contributed by atoms with Crippen LogP contribution in [0.5, 0.6) is 0 Å². The third-order valence-corrected chi connectivity index (χ3v) is 9.03. The first-order valence-corrected chi connectivity index (χ1v) is 15.9. The van der Waals surface area contributed by atoms with Crippen LogP contribution in [0.25, 0.3) is 0 Å². The summed E-state index contributed by atoms with van der Waals surface area (Å²) in [6.45, 7) is 0.430. The summed E-state index contributed by atoms with van der Waals surface area (Å²) in [5, 5.41) is 0. The van der Waals surface area contributed by atoms with Gasteiger partial charge in [0.1, 0.15) is 59.4 Å². The molecule has 6 aromatic rings. The molecule has 316 valence electrons. The Balaban J connectivity index is 0.000000379. The van der Waals surface area contributed by atoms with Gasteiger partial charge in [-0.1, -0.05) is 30.3 Å². The van der Waals surface area contributed by atoms with Crippen LogP contribution in [0.4, 0.5) is 92.2 Å². The number of alkyl halides is 1. The van der Waals surface area contributed by atoms with Gasteiger partial charge < -0.3 is 0 Å². The Hall–Kier alpha value is -6.16. The SMILES string of the molecule is FCc1cc[n+](Cc2ccccc2)cc1.Fc1c(F)c(F)c([B-](c2c(F)c(F)c(F)c(F)c2F)(c2c(F)c(F)c(F)c(F)c2F)c2c(F)c(F)c(F)c(F)c2F)c(F)c1F. The average Bonchev–Trinajstić information content (AvgIpc) is 3.24. The first kappa shape index (κ1) is 44.9. The molecule has 6 rings (SSSR count). The second-order valence-electron chi connectivity index (χ2n) is 12.3. The molecule has 0 saturated carbocycles. The molecule has 0 radical (unpaired) electrons. The van der Waals surface area contributed by atoms with Crippen LogP contribution in [0.15, 0.2) is 54.9 Å². The van der Waals surface area contributed by atoms with Crippen LogP contribution in [0.2, 0.25) is 0 Å². The minimum atomic E-state index is -7.22. The molecule has 60 heavy (non-hydrogen) atoms. The van der Waals surface area contributed by atoms with Gasteiger partial charge in [0.15, 0.2) is 88.7 Å². The van der Waals surface area contributed by atoms with Crippen LogP contribution >= 0.6 is 0 Å². The summed E-state index contributed by atoms with van der Waals surface area (Å²) in [6, 6.07) is 13.8. The molecule has 0 unspecified atom stereocenters. The van der Waals surface area contributed by atoms with Gasteiger partial charge in [0, 0.05) is 17.7 Å². The third-order valence-electron chi connectivity index (χ3n) is 9.03. The topological polar surface area (TPSA) is 3.88 Å². The van der Waals surface area contributed by atoms with Gasteiger partial charge in [-0.25, -0.2) is 96.8 Å². The Morgan fingerprint density at radius 1 is 0.300 bits per heavy atom. The largest absolute Gasteiger partial charge is 0.246 e. The van der Waals surface area contributed by atoms with E-state index in [1.807, 2.05) is 47.3 Å². The summed E-state index contributed by atoms with van der Waals surface area (Å²) >= 11 is 0. The molecule has 0 amide bonds. The first-order valence-electron chi connectivity index (χ1n) is 15.9. The van der Waals surface area contributed by atoms with Crippen molar-refractivity contribution >= 4 is 28.0 Å². The fourth-order valence-electron chi connectivity index (χ4n) is 6.35. The molecule has 5 aromatic carbocycles. The number of aromatic nitrogens is 1. The van der Waals surface area contributed by atoms with Crippen LogP contribution in [-0.4, -0.2) is 6.15 Å². The normalized spacial score (nSPS) is 11.6. The molecule has 0 N–H and O–H groups in total. The number of pyridine rings is 1. The van der Waals surface area contributed by atoms with Gasteiger partial charge >= 0.3 is 0 Å². The number of halogens is 21. The van der Waals surface area contributed by atoms with Crippen molar-refractivity contribution in [1.29, 1.82) is 0 Å². The highest BCUT2D eigenvalue weighted by atomic mass is 19.2. The van der Waals surface area contributed by atoms with Gasteiger partial charge in [0.25, 0.3) is 0 Å². The van der Waals surface area contributed by atoms with Gasteiger partial charge in [-0.15, -0.1) is 21.9 Å². The predicted molar refractivity (Wildman–Crippen MR) is 166 cm³/mol. The average molecular weight is 881 g/mol. The van der Waals surface area contributed by atoms with Crippen LogP contribution < -0.4 is 26.4 Å². The van der Waals surface area contributed by atoms with Gasteiger partial charge in [-0.2, -0.15) is 0 Å². The highest BCUT2D eigenvalue weighted by Gasteiger charge is 2.52. The van der Waals surface area contributed by atoms with Gasteiger partial charge in [0.05, 0.1) is 0 Å². The van der Waals surface area contributed by atoms with Gasteiger partial charge in [-0.05, 0) is 5.56 Å². The minimum absolute atomic E-state index is 0.397. The number of hydrogen-bond donors (Lipinski definition) is 0. The fraction of sp³-hybridized carbons (Fsp3) is 0.0541. The van der Waals surface area contributed by atoms with Crippen molar-refractivity contribution in [2.75, 3.05) is 0 Å². The summed E-state index contributed by atoms with van der Waals surface area (Å²) in [6.07, 6.45) is -3.41. The van der Waals surface area contributed by atoms with Crippen molar-refractivity contribution in [1.82, 2.24) is 0 Å². The van der Waals surface area contributed by atoms with E-state index in [1.165, 1.54) is 5.56 Å². The van der Waals surface area contributed by atoms with E-state index in [-0.39, 0.29) is 0 Å². The number of hydrogen-bond acceptors (Lipinski definition) is 0. The van der Waals surface area contributed by atoms with E-state index in [0.717, 1.165) is 12.1 Å². The summed E-state index contributed by atoms with van der Waals surface area (Å²) in [5.41, 5.74) is -12.4. The van der Waals surface area contributed by atoms with Crippen molar-refractivity contribution in [3.05, 3.63) is 182 Å². The monoisotopic (exact) mass is 881 g/mol. The highest BCUT2D eigenvalue weighted by molar-refractivity contribution is 7.20. The zero-order valence-electron chi connectivity index (χ0n) is 28.6. The fourth-order valence-corrected chi connectivity index (χ4v) is 6.35. The van der Waals surface area contributed by atoms with Crippen molar-refractivity contribution in [2.45, 2.75) is 13.2 Å². The molecule has 0 aliphatic heterocycles. The van der Waals surface area contributed by atoms with Crippen LogP contribution in [0.3, 0.4) is 0 Å². The Labute approximate surface area is 320 Å². The Morgan fingerprint density at radius 3 is 0.767 bits per heavy atom. The quantitative estimate of drug-likeness (QED) is 0.0500. The zero-order chi connectivity index (χ0) is 44.9. The molecular weight excluding hydrogens is 868 g/mol. The maximum atomic E-state index is 15.4. The standard InChI is InChI=1S/C24BF20.C13H13FN/c26-5-1(6(27)14(35)21(42)13(5)34)25(2-7(28)15(36)22(43)16(37)8(2)29,3-9(30)17(38)23(44)18(39)10(3)31)4-11(32)19(40)24(45)20(41)12(4)33;14-10-12-6-8-15(9-7-12)11-13-4-2-1-3-5-13/h;1-9H,10-11H2/q-1;+1. The molecule has 0 bridgehead atoms. The van der Waals surface area contributed by atoms with Crippen LogP contribution in [0.1, 0.15) is 11.1 Å². The Bertz CT molecular complexity index is 2270. The predicted octanol–water partition coefficient (Wildman–Crippen LogP) is 8.34. The van der Waals surface area contributed by atoms with Gasteiger partial charge in [0.2, 0.25) is 0 Å². The van der Waals surface area contributed by atoms with Crippen molar-refractivity contribution in [3.8, 4) is 0 Å². The zero-order valence-corrected chi connectivity index (χ0v) is 28.6. The molecule has 0 aliphatic carbocycles. The van der Waals surface area contributed by atoms with E-state index < -0.39 is 151 Å². The first-order chi connectivity index (χ1) is 28.1. The molecular formula is C37H13BF21N. The summed E-state index contributed by atoms with van der Waals surface area (Å²) in [5.74, 6) is -71.4. The van der Waals surface area contributed by atoms with Crippen molar-refractivity contribution in [2.24, 2.45) is 0 Å². The molecule has 0 fully saturated rings. The second-order valence-corrected chi connectivity index (χ2v) is 12.3. The lowest BCUT2D eigenvalue weighted by Gasteiger charge is -2.44. The maximum Gasteiger partial charge on any atom is 0.200 e. The smallest absolute Gasteiger partial charge is 0.200 e. The molecule has 1 aromatic heterocycles. The minimum Gasteiger partial charge on any atom is -0.246 e. The highest BCUT2D eigenvalue weighted by Crippen LogP contribution is 2.30.